The van der Waals surface area contributed by atoms with Crippen LogP contribution in [0.3, 0.4) is 0 Å². The predicted octanol–water partition coefficient (Wildman–Crippen LogP) is 2.86. The van der Waals surface area contributed by atoms with E-state index in [1.807, 2.05) is 24.3 Å². The summed E-state index contributed by atoms with van der Waals surface area (Å²) in [7, 11) is 1.60. The highest BCUT2D eigenvalue weighted by molar-refractivity contribution is 5.94. The maximum atomic E-state index is 11.0. The number of carbonyl (C=O) groups is 1. The summed E-state index contributed by atoms with van der Waals surface area (Å²) < 4.78 is 11.0. The van der Waals surface area contributed by atoms with E-state index >= 15 is 0 Å². The van der Waals surface area contributed by atoms with Crippen molar-refractivity contribution in [2.24, 2.45) is 0 Å². The number of carboxylic acids is 1. The third-order valence-corrected chi connectivity index (χ3v) is 3.27. The molecule has 0 saturated heterocycles. The number of methoxy groups -OCH3 is 1. The average molecular weight is 287 g/mol. The molecule has 2 aromatic carbocycles. The summed E-state index contributed by atoms with van der Waals surface area (Å²) in [5.74, 6) is 0.251. The first-order valence-electron chi connectivity index (χ1n) is 6.41. The third-order valence-electron chi connectivity index (χ3n) is 3.27. The van der Waals surface area contributed by atoms with E-state index in [2.05, 4.69) is 0 Å². The van der Waals surface area contributed by atoms with Crippen LogP contribution in [-0.2, 0) is 6.61 Å². The van der Waals surface area contributed by atoms with Gasteiger partial charge in [0.1, 0.15) is 18.1 Å². The summed E-state index contributed by atoms with van der Waals surface area (Å²) in [6, 6.07) is 10.6. The minimum atomic E-state index is -1.05. The lowest BCUT2D eigenvalue weighted by molar-refractivity contribution is 0.0698. The normalized spacial score (nSPS) is 10.2. The molecule has 5 heteroatoms. The van der Waals surface area contributed by atoms with Crippen LogP contribution in [-0.4, -0.2) is 18.2 Å². The Hall–Kier alpha value is -2.69. The molecule has 0 aliphatic heterocycles. The molecule has 0 bridgehead atoms. The Balaban J connectivity index is 2.21. The first kappa shape index (κ1) is 14.7. The fourth-order valence-electron chi connectivity index (χ4n) is 2.03. The number of rotatable bonds is 5. The monoisotopic (exact) mass is 287 g/mol. The van der Waals surface area contributed by atoms with E-state index in [-0.39, 0.29) is 11.3 Å². The van der Waals surface area contributed by atoms with Gasteiger partial charge in [-0.25, -0.2) is 4.79 Å². The van der Waals surface area contributed by atoms with Gasteiger partial charge in [-0.3, -0.25) is 0 Å². The zero-order valence-electron chi connectivity index (χ0n) is 11.9. The van der Waals surface area contributed by atoms with Crippen molar-refractivity contribution in [3.05, 3.63) is 53.1 Å². The SMILES string of the molecule is COc1ccccc1COc1ccc(C(=O)O)c(N)c1C. The quantitative estimate of drug-likeness (QED) is 0.826. The number of nitrogens with two attached hydrogens (primary N) is 1. The Bertz CT molecular complexity index is 667. The van der Waals surface area contributed by atoms with Crippen molar-refractivity contribution >= 4 is 11.7 Å². The van der Waals surface area contributed by atoms with Crippen molar-refractivity contribution in [3.63, 3.8) is 0 Å². The molecule has 5 nitrogen and oxygen atoms in total. The molecule has 0 radical (unpaired) electrons. The molecule has 0 spiro atoms. The van der Waals surface area contributed by atoms with E-state index < -0.39 is 5.97 Å². The van der Waals surface area contributed by atoms with Crippen molar-refractivity contribution in [2.75, 3.05) is 12.8 Å². The lowest BCUT2D eigenvalue weighted by atomic mass is 10.1. The van der Waals surface area contributed by atoms with Crippen LogP contribution in [0.1, 0.15) is 21.5 Å². The van der Waals surface area contributed by atoms with Crippen LogP contribution in [0.2, 0.25) is 0 Å². The molecular weight excluding hydrogens is 270 g/mol. The Morgan fingerprint density at radius 3 is 2.57 bits per heavy atom. The maximum Gasteiger partial charge on any atom is 0.337 e. The Labute approximate surface area is 122 Å². The number of hydrogen-bond donors (Lipinski definition) is 2. The number of aromatic carboxylic acids is 1. The van der Waals surface area contributed by atoms with E-state index in [0.717, 1.165) is 11.3 Å². The Kier molecular flexibility index (Phi) is 4.33. The fraction of sp³-hybridized carbons (Fsp3) is 0.188. The topological polar surface area (TPSA) is 81.8 Å². The number of hydrogen-bond acceptors (Lipinski definition) is 4. The van der Waals surface area contributed by atoms with Gasteiger partial charge in [0.15, 0.2) is 0 Å². The van der Waals surface area contributed by atoms with E-state index in [9.17, 15) is 4.79 Å². The van der Waals surface area contributed by atoms with Crippen LogP contribution in [0.25, 0.3) is 0 Å². The lowest BCUT2D eigenvalue weighted by Gasteiger charge is -2.14. The molecule has 0 atom stereocenters. The van der Waals surface area contributed by atoms with E-state index in [1.165, 1.54) is 6.07 Å². The lowest BCUT2D eigenvalue weighted by Crippen LogP contribution is -2.06. The van der Waals surface area contributed by atoms with Crippen molar-refractivity contribution < 1.29 is 19.4 Å². The molecule has 2 rings (SSSR count). The summed E-state index contributed by atoms with van der Waals surface area (Å²) >= 11 is 0. The van der Waals surface area contributed by atoms with Gasteiger partial charge in [0, 0.05) is 11.1 Å². The zero-order valence-corrected chi connectivity index (χ0v) is 11.9. The molecule has 0 saturated carbocycles. The van der Waals surface area contributed by atoms with Crippen LogP contribution in [0.4, 0.5) is 5.69 Å². The second kappa shape index (κ2) is 6.17. The van der Waals surface area contributed by atoms with Crippen molar-refractivity contribution in [3.8, 4) is 11.5 Å². The van der Waals surface area contributed by atoms with E-state index in [0.29, 0.717) is 17.9 Å². The molecule has 0 unspecified atom stereocenters. The van der Waals surface area contributed by atoms with Gasteiger partial charge in [-0.1, -0.05) is 18.2 Å². The van der Waals surface area contributed by atoms with Crippen molar-refractivity contribution in [1.29, 1.82) is 0 Å². The number of anilines is 1. The minimum Gasteiger partial charge on any atom is -0.496 e. The largest absolute Gasteiger partial charge is 0.496 e. The summed E-state index contributed by atoms with van der Waals surface area (Å²) in [6.07, 6.45) is 0. The van der Waals surface area contributed by atoms with Crippen molar-refractivity contribution in [2.45, 2.75) is 13.5 Å². The van der Waals surface area contributed by atoms with E-state index in [4.69, 9.17) is 20.3 Å². The maximum absolute atomic E-state index is 11.0. The molecule has 2 aromatic rings. The highest BCUT2D eigenvalue weighted by atomic mass is 16.5. The molecule has 21 heavy (non-hydrogen) atoms. The van der Waals surface area contributed by atoms with Crippen molar-refractivity contribution in [1.82, 2.24) is 0 Å². The molecule has 0 fully saturated rings. The van der Waals surface area contributed by atoms with Gasteiger partial charge in [0.2, 0.25) is 0 Å². The summed E-state index contributed by atoms with van der Waals surface area (Å²) in [6.45, 7) is 2.05. The average Bonchev–Trinajstić information content (AvgIpc) is 2.48. The summed E-state index contributed by atoms with van der Waals surface area (Å²) in [5.41, 5.74) is 7.65. The number of nitrogen functional groups attached to an aromatic ring is 1. The van der Waals surface area contributed by atoms with Gasteiger partial charge in [-0.05, 0) is 25.1 Å². The van der Waals surface area contributed by atoms with Crippen LogP contribution < -0.4 is 15.2 Å². The van der Waals surface area contributed by atoms with Gasteiger partial charge in [-0.2, -0.15) is 0 Å². The standard InChI is InChI=1S/C16H17NO4/c1-10-13(8-7-12(15(10)17)16(18)19)21-9-11-5-3-4-6-14(11)20-2/h3-8H,9,17H2,1-2H3,(H,18,19). The molecule has 0 aliphatic carbocycles. The number of ether oxygens (including phenoxy) is 2. The molecule has 0 heterocycles. The second-order valence-corrected chi connectivity index (χ2v) is 4.56. The number of benzene rings is 2. The summed E-state index contributed by atoms with van der Waals surface area (Å²) in [4.78, 5) is 11.0. The highest BCUT2D eigenvalue weighted by Crippen LogP contribution is 2.28. The van der Waals surface area contributed by atoms with Crippen LogP contribution in [0.5, 0.6) is 11.5 Å². The molecule has 3 N–H and O–H groups in total. The third kappa shape index (κ3) is 3.08. The zero-order chi connectivity index (χ0) is 15.4. The highest BCUT2D eigenvalue weighted by Gasteiger charge is 2.13. The first-order chi connectivity index (χ1) is 10.0. The Morgan fingerprint density at radius 1 is 1.19 bits per heavy atom. The van der Waals surface area contributed by atoms with Gasteiger partial charge in [-0.15, -0.1) is 0 Å². The smallest absolute Gasteiger partial charge is 0.337 e. The molecule has 110 valence electrons. The van der Waals surface area contributed by atoms with Crippen LogP contribution >= 0.6 is 0 Å². The fourth-order valence-corrected chi connectivity index (χ4v) is 2.03. The Morgan fingerprint density at radius 2 is 1.90 bits per heavy atom. The van der Waals surface area contributed by atoms with Crippen LogP contribution in [0, 0.1) is 6.92 Å². The predicted molar refractivity (Wildman–Crippen MR) is 79.9 cm³/mol. The van der Waals surface area contributed by atoms with Crippen LogP contribution in [0.15, 0.2) is 36.4 Å². The molecule has 0 aliphatic rings. The molecule has 0 aromatic heterocycles. The van der Waals surface area contributed by atoms with Gasteiger partial charge >= 0.3 is 5.97 Å². The molecular formula is C16H17NO4. The number of para-hydroxylation sites is 1. The van der Waals surface area contributed by atoms with Gasteiger partial charge < -0.3 is 20.3 Å². The number of carboxylic acid groups (broad SMARTS) is 1. The van der Waals surface area contributed by atoms with Gasteiger partial charge in [0.25, 0.3) is 0 Å². The first-order valence-corrected chi connectivity index (χ1v) is 6.41. The summed E-state index contributed by atoms with van der Waals surface area (Å²) in [5, 5.41) is 9.02. The minimum absolute atomic E-state index is 0.0807. The van der Waals surface area contributed by atoms with Gasteiger partial charge in [0.05, 0.1) is 18.4 Å². The van der Waals surface area contributed by atoms with E-state index in [1.54, 1.807) is 20.1 Å². The second-order valence-electron chi connectivity index (χ2n) is 4.56. The molecule has 0 amide bonds.